The smallest absolute Gasteiger partial charge is 0.0910 e. The minimum absolute atomic E-state index is 0.156. The van der Waals surface area contributed by atoms with Crippen molar-refractivity contribution in [2.24, 2.45) is 0 Å². The molecule has 4 heteroatoms. The van der Waals surface area contributed by atoms with Gasteiger partial charge in [-0.1, -0.05) is 0 Å². The molecule has 60 valence electrons. The van der Waals surface area contributed by atoms with Crippen molar-refractivity contribution < 1.29 is 9.32 Å². The third kappa shape index (κ3) is 1.56. The predicted molar refractivity (Wildman–Crippen MR) is 40.9 cm³/mol. The Hall–Kier alpha value is 0.0700. The zero-order valence-electron chi connectivity index (χ0n) is 6.28. The van der Waals surface area contributed by atoms with Gasteiger partial charge in [0.15, 0.2) is 0 Å². The van der Waals surface area contributed by atoms with Crippen LogP contribution in [-0.4, -0.2) is 39.1 Å². The molecule has 0 heterocycles. The van der Waals surface area contributed by atoms with E-state index in [1.165, 1.54) is 0 Å². The Morgan fingerprint density at radius 1 is 1.60 bits per heavy atom. The van der Waals surface area contributed by atoms with Crippen LogP contribution in [0.4, 0.5) is 0 Å². The molecular formula is C6H13NO2S. The van der Waals surface area contributed by atoms with E-state index < -0.39 is 11.0 Å². The van der Waals surface area contributed by atoms with Gasteiger partial charge < -0.3 is 5.11 Å². The van der Waals surface area contributed by atoms with Crippen molar-refractivity contribution in [3.05, 3.63) is 0 Å². The molecule has 0 spiro atoms. The summed E-state index contributed by atoms with van der Waals surface area (Å²) < 4.78 is 12.6. The van der Waals surface area contributed by atoms with Crippen molar-refractivity contribution in [1.82, 2.24) is 4.31 Å². The Balaban J connectivity index is 2.31. The second-order valence-electron chi connectivity index (χ2n) is 2.75. The largest absolute Gasteiger partial charge is 0.393 e. The highest BCUT2D eigenvalue weighted by molar-refractivity contribution is 7.81. The molecule has 0 aliphatic heterocycles. The summed E-state index contributed by atoms with van der Waals surface area (Å²) in [6, 6.07) is 0.334. The van der Waals surface area contributed by atoms with Crippen LogP contribution in [0.2, 0.25) is 0 Å². The fraction of sp³-hybridized carbons (Fsp3) is 1.00. The average Bonchev–Trinajstić information content (AvgIpc) is 1.79. The lowest BCUT2D eigenvalue weighted by Crippen LogP contribution is -2.45. The predicted octanol–water partition coefficient (Wildman–Crippen LogP) is -0.265. The van der Waals surface area contributed by atoms with Crippen molar-refractivity contribution in [2.45, 2.75) is 25.0 Å². The highest BCUT2D eigenvalue weighted by Gasteiger charge is 2.31. The van der Waals surface area contributed by atoms with Crippen molar-refractivity contribution in [2.75, 3.05) is 13.3 Å². The molecule has 1 rings (SSSR count). The molecule has 1 unspecified atom stereocenters. The summed E-state index contributed by atoms with van der Waals surface area (Å²) in [6.45, 7) is 0. The van der Waals surface area contributed by atoms with Gasteiger partial charge in [-0.15, -0.1) is 0 Å². The fourth-order valence-corrected chi connectivity index (χ4v) is 1.66. The van der Waals surface area contributed by atoms with Crippen LogP contribution >= 0.6 is 0 Å². The van der Waals surface area contributed by atoms with Crippen LogP contribution in [0, 0.1) is 0 Å². The van der Waals surface area contributed by atoms with Crippen molar-refractivity contribution in [3.8, 4) is 0 Å². The van der Waals surface area contributed by atoms with Gasteiger partial charge in [0.1, 0.15) is 0 Å². The molecule has 0 radical (unpaired) electrons. The maximum Gasteiger partial charge on any atom is 0.0910 e. The van der Waals surface area contributed by atoms with Gasteiger partial charge in [-0.05, 0) is 12.8 Å². The molecule has 1 atom stereocenters. The number of aliphatic hydroxyl groups excluding tert-OH is 1. The van der Waals surface area contributed by atoms with E-state index in [1.807, 2.05) is 7.05 Å². The first-order valence-corrected chi connectivity index (χ1v) is 4.87. The van der Waals surface area contributed by atoms with Crippen molar-refractivity contribution in [1.29, 1.82) is 0 Å². The number of hydrogen-bond acceptors (Lipinski definition) is 2. The molecule has 0 saturated heterocycles. The number of hydrogen-bond donors (Lipinski definition) is 1. The van der Waals surface area contributed by atoms with Crippen molar-refractivity contribution >= 4 is 11.0 Å². The molecule has 1 aliphatic carbocycles. The molecule has 0 bridgehead atoms. The molecule has 0 amide bonds. The van der Waals surface area contributed by atoms with Gasteiger partial charge in [-0.3, -0.25) is 0 Å². The Labute approximate surface area is 63.6 Å². The van der Waals surface area contributed by atoms with Crippen LogP contribution in [0.5, 0.6) is 0 Å². The lowest BCUT2D eigenvalue weighted by Gasteiger charge is -2.36. The van der Waals surface area contributed by atoms with Crippen LogP contribution in [0.15, 0.2) is 0 Å². The van der Waals surface area contributed by atoms with E-state index in [2.05, 4.69) is 0 Å². The number of nitrogens with zero attached hydrogens (tertiary/aromatic N) is 1. The van der Waals surface area contributed by atoms with Gasteiger partial charge in [-0.25, -0.2) is 8.51 Å². The van der Waals surface area contributed by atoms with Gasteiger partial charge in [0.05, 0.1) is 17.1 Å². The van der Waals surface area contributed by atoms with E-state index in [0.717, 1.165) is 12.8 Å². The minimum atomic E-state index is -0.882. The van der Waals surface area contributed by atoms with E-state index in [9.17, 15) is 4.21 Å². The van der Waals surface area contributed by atoms with Gasteiger partial charge in [0, 0.05) is 19.3 Å². The molecule has 1 aliphatic rings. The fourth-order valence-electron chi connectivity index (χ4n) is 1.07. The Morgan fingerprint density at radius 3 is 2.40 bits per heavy atom. The van der Waals surface area contributed by atoms with Gasteiger partial charge >= 0.3 is 0 Å². The lowest BCUT2D eigenvalue weighted by atomic mass is 9.90. The molecule has 3 nitrogen and oxygen atoms in total. The van der Waals surface area contributed by atoms with Gasteiger partial charge in [0.2, 0.25) is 0 Å². The summed E-state index contributed by atoms with van der Waals surface area (Å²) in [5.74, 6) is 0. The second kappa shape index (κ2) is 2.98. The Kier molecular flexibility index (Phi) is 2.44. The van der Waals surface area contributed by atoms with E-state index in [1.54, 1.807) is 10.6 Å². The van der Waals surface area contributed by atoms with Crippen molar-refractivity contribution in [3.63, 3.8) is 0 Å². The van der Waals surface area contributed by atoms with E-state index >= 15 is 0 Å². The van der Waals surface area contributed by atoms with Crippen LogP contribution < -0.4 is 0 Å². The average molecular weight is 163 g/mol. The summed E-state index contributed by atoms with van der Waals surface area (Å²) in [7, 11) is 0.944. The molecule has 0 aromatic rings. The lowest BCUT2D eigenvalue weighted by molar-refractivity contribution is 0.0412. The third-order valence-electron chi connectivity index (χ3n) is 2.01. The monoisotopic (exact) mass is 163 g/mol. The zero-order valence-corrected chi connectivity index (χ0v) is 7.10. The maximum absolute atomic E-state index is 10.8. The molecule has 0 aromatic heterocycles. The van der Waals surface area contributed by atoms with Gasteiger partial charge in [-0.2, -0.15) is 0 Å². The molecule has 1 saturated carbocycles. The summed E-state index contributed by atoms with van der Waals surface area (Å²) in [6.07, 6.45) is 3.05. The normalized spacial score (nSPS) is 35.6. The Morgan fingerprint density at radius 2 is 2.10 bits per heavy atom. The molecule has 0 aromatic carbocycles. The quantitative estimate of drug-likeness (QED) is 0.609. The Bertz CT molecular complexity index is 145. The third-order valence-corrected chi connectivity index (χ3v) is 3.12. The number of rotatable bonds is 2. The molecule has 10 heavy (non-hydrogen) atoms. The van der Waals surface area contributed by atoms with Crippen LogP contribution in [0.25, 0.3) is 0 Å². The highest BCUT2D eigenvalue weighted by atomic mass is 32.2. The zero-order chi connectivity index (χ0) is 7.72. The van der Waals surface area contributed by atoms with E-state index in [0.29, 0.717) is 6.04 Å². The molecule has 1 N–H and O–H groups in total. The topological polar surface area (TPSA) is 40.5 Å². The SMILES string of the molecule is CN(C1CC(O)C1)S(C)=O. The summed E-state index contributed by atoms with van der Waals surface area (Å²) in [4.78, 5) is 0. The molecule has 1 fully saturated rings. The first-order chi connectivity index (χ1) is 4.61. The highest BCUT2D eigenvalue weighted by Crippen LogP contribution is 2.24. The van der Waals surface area contributed by atoms with Crippen LogP contribution in [0.1, 0.15) is 12.8 Å². The summed E-state index contributed by atoms with van der Waals surface area (Å²) in [5.41, 5.74) is 0. The second-order valence-corrected chi connectivity index (χ2v) is 4.17. The van der Waals surface area contributed by atoms with E-state index in [4.69, 9.17) is 5.11 Å². The first kappa shape index (κ1) is 8.17. The van der Waals surface area contributed by atoms with E-state index in [-0.39, 0.29) is 6.10 Å². The summed E-state index contributed by atoms with van der Waals surface area (Å²) >= 11 is 0. The van der Waals surface area contributed by atoms with Crippen LogP contribution in [0.3, 0.4) is 0 Å². The first-order valence-electron chi connectivity index (χ1n) is 3.35. The minimum Gasteiger partial charge on any atom is -0.393 e. The van der Waals surface area contributed by atoms with Gasteiger partial charge in [0.25, 0.3) is 0 Å². The van der Waals surface area contributed by atoms with Crippen LogP contribution in [-0.2, 0) is 11.0 Å². The molecular weight excluding hydrogens is 150 g/mol. The summed E-state index contributed by atoms with van der Waals surface area (Å²) in [5, 5.41) is 8.92. The number of aliphatic hydroxyl groups is 1. The maximum atomic E-state index is 10.8. The standard InChI is InChI=1S/C6H13NO2S/c1-7(10(2)9)5-3-6(8)4-5/h5-6,8H,3-4H2,1-2H3.